The largest absolute Gasteiger partial charge is 0.495 e. The Labute approximate surface area is 201 Å². The van der Waals surface area contributed by atoms with Crippen molar-refractivity contribution in [3.63, 3.8) is 0 Å². The van der Waals surface area contributed by atoms with Gasteiger partial charge in [-0.2, -0.15) is 0 Å². The molecule has 1 aliphatic rings. The summed E-state index contributed by atoms with van der Waals surface area (Å²) in [6.07, 6.45) is 3.31. The third kappa shape index (κ3) is 4.94. The van der Waals surface area contributed by atoms with Crippen LogP contribution >= 0.6 is 0 Å². The molecule has 1 unspecified atom stereocenters. The summed E-state index contributed by atoms with van der Waals surface area (Å²) in [7, 11) is -2.54. The van der Waals surface area contributed by atoms with Crippen LogP contribution in [0.1, 0.15) is 41.6 Å². The predicted octanol–water partition coefficient (Wildman–Crippen LogP) is 4.57. The van der Waals surface area contributed by atoms with Crippen LogP contribution < -0.4 is 14.4 Å². The number of hydrogen-bond donors (Lipinski definition) is 1. The molecule has 1 atom stereocenters. The van der Waals surface area contributed by atoms with Gasteiger partial charge in [-0.15, -0.1) is 0 Å². The standard InChI is InChI=1S/C27H30N2O4S/c1-19-11-15-24(16-12-19)34(31,32)29(25-9-4-5-10-26(25)33-3)18-27(30)28-20(2)22-14-13-21-7-6-8-23(21)17-22/h4-5,9-17,20H,6-8,18H2,1-3H3,(H,28,30). The van der Waals surface area contributed by atoms with Gasteiger partial charge in [0.1, 0.15) is 12.3 Å². The van der Waals surface area contributed by atoms with Gasteiger partial charge in [-0.25, -0.2) is 8.42 Å². The maximum Gasteiger partial charge on any atom is 0.264 e. The molecule has 7 heteroatoms. The highest BCUT2D eigenvalue weighted by molar-refractivity contribution is 7.92. The molecule has 0 fully saturated rings. The van der Waals surface area contributed by atoms with Gasteiger partial charge in [-0.1, -0.05) is 48.0 Å². The van der Waals surface area contributed by atoms with E-state index in [0.717, 1.165) is 34.7 Å². The van der Waals surface area contributed by atoms with Gasteiger partial charge in [-0.05, 0) is 74.1 Å². The van der Waals surface area contributed by atoms with Crippen LogP contribution in [0.5, 0.6) is 5.75 Å². The Bertz CT molecular complexity index is 1290. The van der Waals surface area contributed by atoms with Gasteiger partial charge in [0, 0.05) is 0 Å². The molecule has 34 heavy (non-hydrogen) atoms. The van der Waals surface area contributed by atoms with Crippen LogP contribution in [0.25, 0.3) is 0 Å². The number of carbonyl (C=O) groups excluding carboxylic acids is 1. The molecule has 3 aromatic carbocycles. The quantitative estimate of drug-likeness (QED) is 0.515. The van der Waals surface area contributed by atoms with Crippen LogP contribution in [-0.4, -0.2) is 28.0 Å². The molecule has 178 valence electrons. The smallest absolute Gasteiger partial charge is 0.264 e. The van der Waals surface area contributed by atoms with Crippen molar-refractivity contribution in [1.29, 1.82) is 0 Å². The third-order valence-corrected chi connectivity index (χ3v) is 8.02. The highest BCUT2D eigenvalue weighted by atomic mass is 32.2. The first-order chi connectivity index (χ1) is 16.3. The molecule has 1 amide bonds. The van der Waals surface area contributed by atoms with Crippen molar-refractivity contribution in [3.05, 3.63) is 89.0 Å². The Hall–Kier alpha value is -3.32. The second-order valence-corrected chi connectivity index (χ2v) is 10.5. The van der Waals surface area contributed by atoms with Gasteiger partial charge >= 0.3 is 0 Å². The average molecular weight is 479 g/mol. The van der Waals surface area contributed by atoms with Crippen LogP contribution in [0.3, 0.4) is 0 Å². The highest BCUT2D eigenvalue weighted by Gasteiger charge is 2.29. The van der Waals surface area contributed by atoms with Crippen molar-refractivity contribution in [2.75, 3.05) is 18.0 Å². The minimum atomic E-state index is -4.01. The molecular weight excluding hydrogens is 448 g/mol. The lowest BCUT2D eigenvalue weighted by Crippen LogP contribution is -2.41. The van der Waals surface area contributed by atoms with Gasteiger partial charge in [0.05, 0.1) is 23.7 Å². The molecule has 1 aliphatic carbocycles. The summed E-state index contributed by atoms with van der Waals surface area (Å²) in [6.45, 7) is 3.44. The van der Waals surface area contributed by atoms with Crippen molar-refractivity contribution in [2.24, 2.45) is 0 Å². The number of methoxy groups -OCH3 is 1. The maximum absolute atomic E-state index is 13.6. The summed E-state index contributed by atoms with van der Waals surface area (Å²) in [5.41, 5.74) is 4.97. The molecule has 6 nitrogen and oxygen atoms in total. The molecule has 3 aromatic rings. The molecule has 0 spiro atoms. The van der Waals surface area contributed by atoms with Gasteiger partial charge in [0.15, 0.2) is 0 Å². The van der Waals surface area contributed by atoms with Crippen LogP contribution in [-0.2, 0) is 27.7 Å². The number of fused-ring (bicyclic) bond motifs is 1. The minimum Gasteiger partial charge on any atom is -0.495 e. The van der Waals surface area contributed by atoms with E-state index in [2.05, 4.69) is 17.4 Å². The average Bonchev–Trinajstić information content (AvgIpc) is 3.30. The molecule has 0 saturated carbocycles. The predicted molar refractivity (Wildman–Crippen MR) is 134 cm³/mol. The van der Waals surface area contributed by atoms with Crippen LogP contribution in [0, 0.1) is 6.92 Å². The van der Waals surface area contributed by atoms with E-state index in [9.17, 15) is 13.2 Å². The second-order valence-electron chi connectivity index (χ2n) is 8.67. The van der Waals surface area contributed by atoms with Gasteiger partial charge in [-0.3, -0.25) is 9.10 Å². The number of carbonyl (C=O) groups is 1. The molecule has 0 radical (unpaired) electrons. The topological polar surface area (TPSA) is 75.7 Å². The monoisotopic (exact) mass is 478 g/mol. The van der Waals surface area contributed by atoms with E-state index in [-0.39, 0.29) is 17.5 Å². The van der Waals surface area contributed by atoms with E-state index in [1.165, 1.54) is 18.2 Å². The molecule has 0 aromatic heterocycles. The number of amides is 1. The van der Waals surface area contributed by atoms with E-state index in [1.807, 2.05) is 19.9 Å². The zero-order chi connectivity index (χ0) is 24.3. The number of anilines is 1. The van der Waals surface area contributed by atoms with E-state index in [1.54, 1.807) is 48.5 Å². The van der Waals surface area contributed by atoms with Crippen LogP contribution in [0.4, 0.5) is 5.69 Å². The minimum absolute atomic E-state index is 0.114. The van der Waals surface area contributed by atoms with E-state index in [0.29, 0.717) is 11.4 Å². The molecule has 0 bridgehead atoms. The fraction of sp³-hybridized carbons (Fsp3) is 0.296. The van der Waals surface area contributed by atoms with Crippen molar-refractivity contribution < 1.29 is 17.9 Å². The lowest BCUT2D eigenvalue weighted by atomic mass is 10.0. The second kappa shape index (κ2) is 9.89. The molecular formula is C27H30N2O4S. The number of rotatable bonds is 8. The zero-order valence-corrected chi connectivity index (χ0v) is 20.6. The Kier molecular flexibility index (Phi) is 6.93. The summed E-state index contributed by atoms with van der Waals surface area (Å²) < 4.78 is 33.8. The Balaban J connectivity index is 1.61. The summed E-state index contributed by atoms with van der Waals surface area (Å²) >= 11 is 0. The number of benzene rings is 3. The summed E-state index contributed by atoms with van der Waals surface area (Å²) in [5, 5.41) is 2.97. The first-order valence-electron chi connectivity index (χ1n) is 11.4. The molecule has 0 heterocycles. The first-order valence-corrected chi connectivity index (χ1v) is 12.9. The summed E-state index contributed by atoms with van der Waals surface area (Å²) in [5.74, 6) is -0.0211. The fourth-order valence-electron chi connectivity index (χ4n) is 4.33. The fourth-order valence-corrected chi connectivity index (χ4v) is 5.77. The number of para-hydroxylation sites is 2. The van der Waals surface area contributed by atoms with Crippen molar-refractivity contribution in [3.8, 4) is 5.75 Å². The van der Waals surface area contributed by atoms with E-state index < -0.39 is 15.9 Å². The Morgan fingerprint density at radius 1 is 1.03 bits per heavy atom. The number of nitrogens with zero attached hydrogens (tertiary/aromatic N) is 1. The lowest BCUT2D eigenvalue weighted by molar-refractivity contribution is -0.120. The van der Waals surface area contributed by atoms with Gasteiger partial charge < -0.3 is 10.1 Å². The van der Waals surface area contributed by atoms with E-state index >= 15 is 0 Å². The number of hydrogen-bond acceptors (Lipinski definition) is 4. The molecule has 0 aliphatic heterocycles. The zero-order valence-electron chi connectivity index (χ0n) is 19.7. The highest BCUT2D eigenvalue weighted by Crippen LogP contribution is 2.32. The summed E-state index contributed by atoms with van der Waals surface area (Å²) in [4.78, 5) is 13.2. The molecule has 0 saturated heterocycles. The summed E-state index contributed by atoms with van der Waals surface area (Å²) in [6, 6.07) is 19.5. The SMILES string of the molecule is COc1ccccc1N(CC(=O)NC(C)c1ccc2c(c1)CCC2)S(=O)(=O)c1ccc(C)cc1. The number of ether oxygens (including phenoxy) is 1. The van der Waals surface area contributed by atoms with Crippen molar-refractivity contribution >= 4 is 21.6 Å². The third-order valence-electron chi connectivity index (χ3n) is 6.25. The molecule has 4 rings (SSSR count). The number of sulfonamides is 1. The van der Waals surface area contributed by atoms with Crippen LogP contribution in [0.2, 0.25) is 0 Å². The maximum atomic E-state index is 13.6. The van der Waals surface area contributed by atoms with Crippen molar-refractivity contribution in [2.45, 2.75) is 44.0 Å². The van der Waals surface area contributed by atoms with Gasteiger partial charge in [0.2, 0.25) is 5.91 Å². The number of nitrogens with one attached hydrogen (secondary N) is 1. The van der Waals surface area contributed by atoms with E-state index in [4.69, 9.17) is 4.74 Å². The van der Waals surface area contributed by atoms with Crippen molar-refractivity contribution in [1.82, 2.24) is 5.32 Å². The molecule has 1 N–H and O–H groups in total. The first kappa shape index (κ1) is 23.8. The lowest BCUT2D eigenvalue weighted by Gasteiger charge is -2.26. The number of aryl methyl sites for hydroxylation is 3. The van der Waals surface area contributed by atoms with Gasteiger partial charge in [0.25, 0.3) is 10.0 Å². The normalized spacial score (nSPS) is 13.7. The Morgan fingerprint density at radius 2 is 1.74 bits per heavy atom. The Morgan fingerprint density at radius 3 is 2.47 bits per heavy atom. The van der Waals surface area contributed by atoms with Crippen LogP contribution in [0.15, 0.2) is 71.6 Å².